The van der Waals surface area contributed by atoms with Gasteiger partial charge in [-0.05, 0) is 37.3 Å². The highest BCUT2D eigenvalue weighted by Crippen LogP contribution is 2.38. The molecule has 1 aromatic carbocycles. The SMILES string of the molecule is C#CCN1C(=O)c2oc3ccc(F)cc3c2OCC1(C)C(=O)NCc1ncccc1OC. The molecule has 1 aliphatic heterocycles. The number of aromatic nitrogens is 1. The van der Waals surface area contributed by atoms with Crippen molar-refractivity contribution in [1.29, 1.82) is 0 Å². The van der Waals surface area contributed by atoms with Crippen LogP contribution in [0.5, 0.6) is 11.5 Å². The monoisotopic (exact) mass is 437 g/mol. The van der Waals surface area contributed by atoms with E-state index >= 15 is 0 Å². The summed E-state index contributed by atoms with van der Waals surface area (Å²) in [7, 11) is 1.50. The number of pyridine rings is 1. The zero-order valence-electron chi connectivity index (χ0n) is 17.5. The largest absolute Gasteiger partial charge is 0.495 e. The molecule has 3 heterocycles. The van der Waals surface area contributed by atoms with E-state index in [1.54, 1.807) is 25.3 Å². The fourth-order valence-electron chi connectivity index (χ4n) is 3.59. The van der Waals surface area contributed by atoms with Crippen molar-refractivity contribution < 1.29 is 27.9 Å². The number of hydrogen-bond donors (Lipinski definition) is 1. The highest BCUT2D eigenvalue weighted by atomic mass is 19.1. The lowest BCUT2D eigenvalue weighted by Gasteiger charge is -2.36. The molecule has 2 amide bonds. The summed E-state index contributed by atoms with van der Waals surface area (Å²) in [5, 5.41) is 3.07. The van der Waals surface area contributed by atoms with Crippen LogP contribution >= 0.6 is 0 Å². The molecule has 4 rings (SSSR count). The number of terminal acetylenes is 1. The molecule has 0 spiro atoms. The standard InChI is InChI=1S/C23H20FN3O5/c1-4-10-27-21(28)20-19(15-11-14(24)7-8-17(15)32-20)31-13-23(27,2)22(29)26-12-16-18(30-3)6-5-9-25-16/h1,5-9,11H,10,12-13H2,2-3H3,(H,26,29). The van der Waals surface area contributed by atoms with Crippen LogP contribution in [0.4, 0.5) is 4.39 Å². The molecule has 0 bridgehead atoms. The van der Waals surface area contributed by atoms with Crippen molar-refractivity contribution in [3.8, 4) is 23.8 Å². The molecule has 0 saturated carbocycles. The first-order valence-corrected chi connectivity index (χ1v) is 9.75. The van der Waals surface area contributed by atoms with E-state index in [2.05, 4.69) is 16.2 Å². The van der Waals surface area contributed by atoms with Crippen LogP contribution in [-0.4, -0.2) is 47.5 Å². The van der Waals surface area contributed by atoms with E-state index in [1.807, 2.05) is 0 Å². The Kier molecular flexibility index (Phi) is 5.45. The second-order valence-electron chi connectivity index (χ2n) is 7.39. The maximum Gasteiger partial charge on any atom is 0.295 e. The van der Waals surface area contributed by atoms with Gasteiger partial charge in [-0.2, -0.15) is 0 Å². The number of carbonyl (C=O) groups is 2. The van der Waals surface area contributed by atoms with Crippen LogP contribution in [0.2, 0.25) is 0 Å². The third-order valence-electron chi connectivity index (χ3n) is 5.36. The van der Waals surface area contributed by atoms with Gasteiger partial charge >= 0.3 is 0 Å². The molecule has 164 valence electrons. The summed E-state index contributed by atoms with van der Waals surface area (Å²) in [4.78, 5) is 32.0. The normalized spacial score (nSPS) is 17.8. The minimum absolute atomic E-state index is 0.0637. The number of methoxy groups -OCH3 is 1. The molecule has 1 unspecified atom stereocenters. The van der Waals surface area contributed by atoms with Crippen molar-refractivity contribution in [2.45, 2.75) is 19.0 Å². The van der Waals surface area contributed by atoms with E-state index in [0.29, 0.717) is 22.4 Å². The zero-order valence-corrected chi connectivity index (χ0v) is 17.5. The van der Waals surface area contributed by atoms with Crippen molar-refractivity contribution in [2.24, 2.45) is 0 Å². The lowest BCUT2D eigenvalue weighted by Crippen LogP contribution is -2.61. The van der Waals surface area contributed by atoms with Crippen molar-refractivity contribution in [2.75, 3.05) is 20.3 Å². The Morgan fingerprint density at radius 3 is 3.00 bits per heavy atom. The number of nitrogens with one attached hydrogen (secondary N) is 1. The molecule has 32 heavy (non-hydrogen) atoms. The third-order valence-corrected chi connectivity index (χ3v) is 5.36. The van der Waals surface area contributed by atoms with Crippen LogP contribution in [0.25, 0.3) is 11.0 Å². The van der Waals surface area contributed by atoms with Crippen LogP contribution in [0.3, 0.4) is 0 Å². The number of halogens is 1. The Morgan fingerprint density at radius 1 is 1.44 bits per heavy atom. The van der Waals surface area contributed by atoms with Crippen molar-refractivity contribution in [3.63, 3.8) is 0 Å². The molecule has 9 heteroatoms. The smallest absolute Gasteiger partial charge is 0.295 e. The highest BCUT2D eigenvalue weighted by Gasteiger charge is 2.47. The molecule has 0 radical (unpaired) electrons. The molecule has 0 fully saturated rings. The molecule has 1 N–H and O–H groups in total. The first kappa shape index (κ1) is 21.2. The van der Waals surface area contributed by atoms with Crippen LogP contribution in [0.15, 0.2) is 40.9 Å². The molecule has 8 nitrogen and oxygen atoms in total. The summed E-state index contributed by atoms with van der Waals surface area (Å²) < 4.78 is 30.5. The minimum atomic E-state index is -1.47. The quantitative estimate of drug-likeness (QED) is 0.617. The fourth-order valence-corrected chi connectivity index (χ4v) is 3.59. The van der Waals surface area contributed by atoms with Crippen LogP contribution in [0, 0.1) is 18.2 Å². The van der Waals surface area contributed by atoms with Gasteiger partial charge in [0.1, 0.15) is 29.5 Å². The Bertz CT molecular complexity index is 1250. The molecule has 0 saturated heterocycles. The van der Waals surface area contributed by atoms with Crippen molar-refractivity contribution >= 4 is 22.8 Å². The predicted molar refractivity (Wildman–Crippen MR) is 113 cm³/mol. The average molecular weight is 437 g/mol. The van der Waals surface area contributed by atoms with E-state index in [-0.39, 0.29) is 31.2 Å². The van der Waals surface area contributed by atoms with Gasteiger partial charge in [-0.25, -0.2) is 4.39 Å². The van der Waals surface area contributed by atoms with E-state index in [9.17, 15) is 14.0 Å². The molecular formula is C23H20FN3O5. The number of rotatable bonds is 5. The molecule has 3 aromatic rings. The number of hydrogen-bond acceptors (Lipinski definition) is 6. The van der Waals surface area contributed by atoms with E-state index in [1.165, 1.54) is 30.2 Å². The summed E-state index contributed by atoms with van der Waals surface area (Å²) in [6.45, 7) is 1.23. The van der Waals surface area contributed by atoms with Crippen molar-refractivity contribution in [3.05, 3.63) is 53.8 Å². The second-order valence-corrected chi connectivity index (χ2v) is 7.39. The second kappa shape index (κ2) is 8.23. The van der Waals surface area contributed by atoms with Gasteiger partial charge in [0.15, 0.2) is 11.3 Å². The number of furan rings is 1. The molecule has 1 aliphatic rings. The maximum absolute atomic E-state index is 13.8. The number of ether oxygens (including phenoxy) is 2. The number of carbonyl (C=O) groups excluding carboxylic acids is 2. The molecule has 1 atom stereocenters. The highest BCUT2D eigenvalue weighted by molar-refractivity contribution is 6.04. The first-order valence-electron chi connectivity index (χ1n) is 9.75. The summed E-state index contributed by atoms with van der Waals surface area (Å²) in [6.07, 6.45) is 7.07. The Hall–Kier alpha value is -4.06. The van der Waals surface area contributed by atoms with E-state index < -0.39 is 23.2 Å². The fraction of sp³-hybridized carbons (Fsp3) is 0.261. The molecular weight excluding hydrogens is 417 g/mol. The van der Waals surface area contributed by atoms with Crippen LogP contribution in [-0.2, 0) is 11.3 Å². The number of fused-ring (bicyclic) bond motifs is 3. The predicted octanol–water partition coefficient (Wildman–Crippen LogP) is 2.52. The summed E-state index contributed by atoms with van der Waals surface area (Å²) in [5.41, 5.74) is -0.655. The van der Waals surface area contributed by atoms with Gasteiger partial charge in [0.2, 0.25) is 11.7 Å². The first-order chi connectivity index (χ1) is 15.4. The van der Waals surface area contributed by atoms with E-state index in [0.717, 1.165) is 0 Å². The Balaban J connectivity index is 1.66. The van der Waals surface area contributed by atoms with Gasteiger partial charge in [0.25, 0.3) is 5.91 Å². The van der Waals surface area contributed by atoms with Gasteiger partial charge in [-0.15, -0.1) is 6.42 Å². The van der Waals surface area contributed by atoms with Crippen molar-refractivity contribution in [1.82, 2.24) is 15.2 Å². The van der Waals surface area contributed by atoms with Gasteiger partial charge in [-0.1, -0.05) is 5.92 Å². The number of nitrogens with zero attached hydrogens (tertiary/aromatic N) is 2. The maximum atomic E-state index is 13.8. The lowest BCUT2D eigenvalue weighted by molar-refractivity contribution is -0.132. The topological polar surface area (TPSA) is 93.9 Å². The lowest BCUT2D eigenvalue weighted by atomic mass is 9.99. The van der Waals surface area contributed by atoms with Gasteiger partial charge in [0, 0.05) is 6.20 Å². The molecule has 0 aliphatic carbocycles. The van der Waals surface area contributed by atoms with Gasteiger partial charge in [-0.3, -0.25) is 14.6 Å². The number of amides is 2. The Labute approximate surface area is 183 Å². The molecule has 2 aromatic heterocycles. The summed E-state index contributed by atoms with van der Waals surface area (Å²) in [6, 6.07) is 7.28. The van der Waals surface area contributed by atoms with E-state index in [4.69, 9.17) is 20.3 Å². The van der Waals surface area contributed by atoms with Crippen LogP contribution < -0.4 is 14.8 Å². The number of benzene rings is 1. The minimum Gasteiger partial charge on any atom is -0.495 e. The average Bonchev–Trinajstić information content (AvgIpc) is 3.12. The van der Waals surface area contributed by atoms with Crippen LogP contribution in [0.1, 0.15) is 23.2 Å². The zero-order chi connectivity index (χ0) is 22.9. The summed E-state index contributed by atoms with van der Waals surface area (Å²) in [5.74, 6) is 1.23. The Morgan fingerprint density at radius 2 is 2.25 bits per heavy atom. The van der Waals surface area contributed by atoms with Gasteiger partial charge in [0.05, 0.1) is 25.6 Å². The summed E-state index contributed by atoms with van der Waals surface area (Å²) >= 11 is 0. The third kappa shape index (κ3) is 3.50. The van der Waals surface area contributed by atoms with Gasteiger partial charge < -0.3 is 24.1 Å².